The molecule has 6 heteroatoms. The van der Waals surface area contributed by atoms with Crippen LogP contribution in [-0.2, 0) is 0 Å². The van der Waals surface area contributed by atoms with Crippen LogP contribution in [0.25, 0.3) is 0 Å². The first kappa shape index (κ1) is 16.0. The standard InChI is InChI=1S/C17H17ClN2O2S/c18-16-10-9-15(23-16)11-19-20-17(21)12-5-7-14(8-6-12)22-13-3-1-2-4-13/h5-11,13H,1-4H2,(H,20,21)/b19-11+. The van der Waals surface area contributed by atoms with Crippen LogP contribution in [0.4, 0.5) is 0 Å². The molecule has 0 aliphatic heterocycles. The molecule has 0 bridgehead atoms. The Morgan fingerprint density at radius 1 is 1.22 bits per heavy atom. The smallest absolute Gasteiger partial charge is 0.271 e. The highest BCUT2D eigenvalue weighted by molar-refractivity contribution is 7.17. The third-order valence-electron chi connectivity index (χ3n) is 3.67. The van der Waals surface area contributed by atoms with Crippen LogP contribution in [-0.4, -0.2) is 18.2 Å². The number of amides is 1. The van der Waals surface area contributed by atoms with Gasteiger partial charge in [0.25, 0.3) is 5.91 Å². The van der Waals surface area contributed by atoms with Crippen LogP contribution in [0, 0.1) is 0 Å². The fourth-order valence-electron chi connectivity index (χ4n) is 2.50. The third-order valence-corrected chi connectivity index (χ3v) is 4.84. The number of hydrogen-bond acceptors (Lipinski definition) is 4. The molecule has 1 saturated carbocycles. The van der Waals surface area contributed by atoms with E-state index >= 15 is 0 Å². The first-order valence-electron chi connectivity index (χ1n) is 7.56. The number of benzene rings is 1. The fraction of sp³-hybridized carbons (Fsp3) is 0.294. The Hall–Kier alpha value is -1.85. The highest BCUT2D eigenvalue weighted by Gasteiger charge is 2.16. The minimum Gasteiger partial charge on any atom is -0.490 e. The van der Waals surface area contributed by atoms with Gasteiger partial charge in [0.1, 0.15) is 5.75 Å². The second-order valence-corrected chi connectivity index (χ2v) is 7.14. The molecule has 4 nitrogen and oxygen atoms in total. The minimum absolute atomic E-state index is 0.253. The van der Waals surface area contributed by atoms with Crippen molar-refractivity contribution < 1.29 is 9.53 Å². The average Bonchev–Trinajstić information content (AvgIpc) is 3.20. The van der Waals surface area contributed by atoms with E-state index < -0.39 is 0 Å². The van der Waals surface area contributed by atoms with Crippen LogP contribution in [0.15, 0.2) is 41.5 Å². The number of nitrogens with zero attached hydrogens (tertiary/aromatic N) is 1. The van der Waals surface area contributed by atoms with Gasteiger partial charge in [-0.3, -0.25) is 4.79 Å². The fourth-order valence-corrected chi connectivity index (χ4v) is 3.43. The van der Waals surface area contributed by atoms with E-state index in [1.165, 1.54) is 24.2 Å². The van der Waals surface area contributed by atoms with Crippen LogP contribution in [0.1, 0.15) is 40.9 Å². The summed E-state index contributed by atoms with van der Waals surface area (Å²) in [5.41, 5.74) is 3.05. The summed E-state index contributed by atoms with van der Waals surface area (Å²) in [6.07, 6.45) is 6.59. The molecule has 1 aliphatic carbocycles. The molecule has 0 atom stereocenters. The summed E-state index contributed by atoms with van der Waals surface area (Å²) >= 11 is 7.23. The van der Waals surface area contributed by atoms with Gasteiger partial charge in [0.05, 0.1) is 16.7 Å². The van der Waals surface area contributed by atoms with Crippen molar-refractivity contribution in [2.75, 3.05) is 0 Å². The number of rotatable bonds is 5. The van der Waals surface area contributed by atoms with Gasteiger partial charge in [-0.2, -0.15) is 5.10 Å². The van der Waals surface area contributed by atoms with Crippen molar-refractivity contribution in [1.29, 1.82) is 0 Å². The summed E-state index contributed by atoms with van der Waals surface area (Å²) in [6.45, 7) is 0. The summed E-state index contributed by atoms with van der Waals surface area (Å²) in [4.78, 5) is 12.9. The Morgan fingerprint density at radius 3 is 2.61 bits per heavy atom. The zero-order valence-electron chi connectivity index (χ0n) is 12.5. The largest absolute Gasteiger partial charge is 0.490 e. The molecule has 3 rings (SSSR count). The van der Waals surface area contributed by atoms with Crippen molar-refractivity contribution in [3.05, 3.63) is 51.2 Å². The van der Waals surface area contributed by atoms with Gasteiger partial charge in [-0.05, 0) is 62.1 Å². The Bertz CT molecular complexity index is 691. The zero-order valence-corrected chi connectivity index (χ0v) is 14.1. The summed E-state index contributed by atoms with van der Waals surface area (Å²) in [5.74, 6) is 0.557. The van der Waals surface area contributed by atoms with Crippen LogP contribution in [0.3, 0.4) is 0 Å². The van der Waals surface area contributed by atoms with Gasteiger partial charge >= 0.3 is 0 Å². The molecule has 0 radical (unpaired) electrons. The SMILES string of the molecule is O=C(N/N=C/c1ccc(Cl)s1)c1ccc(OC2CCCC2)cc1. The predicted molar refractivity (Wildman–Crippen MR) is 93.7 cm³/mol. The first-order chi connectivity index (χ1) is 11.2. The lowest BCUT2D eigenvalue weighted by Gasteiger charge is -2.12. The number of carbonyl (C=O) groups excluding carboxylic acids is 1. The molecule has 0 unspecified atom stereocenters. The molecular weight excluding hydrogens is 332 g/mol. The van der Waals surface area contributed by atoms with Crippen LogP contribution < -0.4 is 10.2 Å². The van der Waals surface area contributed by atoms with Crippen LogP contribution in [0.2, 0.25) is 4.34 Å². The summed E-state index contributed by atoms with van der Waals surface area (Å²) in [5, 5.41) is 3.93. The van der Waals surface area contributed by atoms with E-state index in [2.05, 4.69) is 10.5 Å². The zero-order chi connectivity index (χ0) is 16.1. The maximum atomic E-state index is 12.0. The summed E-state index contributed by atoms with van der Waals surface area (Å²) in [6, 6.07) is 10.8. The summed E-state index contributed by atoms with van der Waals surface area (Å²) < 4.78 is 6.57. The number of ether oxygens (including phenoxy) is 1. The van der Waals surface area contributed by atoms with Crippen LogP contribution in [0.5, 0.6) is 5.75 Å². The molecule has 23 heavy (non-hydrogen) atoms. The molecule has 1 amide bonds. The Balaban J connectivity index is 1.53. The molecule has 120 valence electrons. The maximum Gasteiger partial charge on any atom is 0.271 e. The van der Waals surface area contributed by atoms with Crippen molar-refractivity contribution in [1.82, 2.24) is 5.43 Å². The highest BCUT2D eigenvalue weighted by Crippen LogP contribution is 2.24. The van der Waals surface area contributed by atoms with E-state index in [0.717, 1.165) is 23.5 Å². The van der Waals surface area contributed by atoms with Crippen molar-refractivity contribution in [2.45, 2.75) is 31.8 Å². The molecule has 1 aliphatic rings. The molecule has 0 saturated heterocycles. The molecule has 0 spiro atoms. The van der Waals surface area contributed by atoms with E-state index in [0.29, 0.717) is 16.0 Å². The van der Waals surface area contributed by atoms with Gasteiger partial charge in [0, 0.05) is 10.4 Å². The van der Waals surface area contributed by atoms with E-state index in [1.807, 2.05) is 18.2 Å². The number of hydrazone groups is 1. The van der Waals surface area contributed by atoms with Gasteiger partial charge in [0.2, 0.25) is 0 Å². The van der Waals surface area contributed by atoms with E-state index in [9.17, 15) is 4.79 Å². The highest BCUT2D eigenvalue weighted by atomic mass is 35.5. The molecular formula is C17H17ClN2O2S. The van der Waals surface area contributed by atoms with Gasteiger partial charge in [-0.1, -0.05) is 11.6 Å². The van der Waals surface area contributed by atoms with Gasteiger partial charge in [0.15, 0.2) is 0 Å². The lowest BCUT2D eigenvalue weighted by Crippen LogP contribution is -2.17. The van der Waals surface area contributed by atoms with E-state index in [-0.39, 0.29) is 5.91 Å². The predicted octanol–water partition coefficient (Wildman–Crippen LogP) is 4.49. The summed E-state index contributed by atoms with van der Waals surface area (Å²) in [7, 11) is 0. The van der Waals surface area contributed by atoms with Gasteiger partial charge in [-0.15, -0.1) is 11.3 Å². The maximum absolute atomic E-state index is 12.0. The first-order valence-corrected chi connectivity index (χ1v) is 8.75. The molecule has 1 fully saturated rings. The van der Waals surface area contributed by atoms with Gasteiger partial charge < -0.3 is 4.74 Å². The van der Waals surface area contributed by atoms with Crippen molar-refractivity contribution in [2.24, 2.45) is 5.10 Å². The Morgan fingerprint density at radius 2 is 1.96 bits per heavy atom. The van der Waals surface area contributed by atoms with Gasteiger partial charge in [-0.25, -0.2) is 5.43 Å². The lowest BCUT2D eigenvalue weighted by molar-refractivity contribution is 0.0955. The Labute approximate surface area is 144 Å². The normalized spacial score (nSPS) is 15.2. The lowest BCUT2D eigenvalue weighted by atomic mass is 10.2. The average molecular weight is 349 g/mol. The molecule has 1 aromatic carbocycles. The molecule has 1 heterocycles. The second kappa shape index (κ2) is 7.62. The van der Waals surface area contributed by atoms with Crippen molar-refractivity contribution in [3.63, 3.8) is 0 Å². The number of carbonyl (C=O) groups is 1. The quantitative estimate of drug-likeness (QED) is 0.639. The molecule has 1 aromatic heterocycles. The number of hydrogen-bond donors (Lipinski definition) is 1. The van der Waals surface area contributed by atoms with E-state index in [1.54, 1.807) is 24.4 Å². The monoisotopic (exact) mass is 348 g/mol. The third kappa shape index (κ3) is 4.56. The van der Waals surface area contributed by atoms with E-state index in [4.69, 9.17) is 16.3 Å². The number of thiophene rings is 1. The van der Waals surface area contributed by atoms with Crippen LogP contribution >= 0.6 is 22.9 Å². The number of nitrogens with one attached hydrogen (secondary N) is 1. The molecule has 1 N–H and O–H groups in total. The Kier molecular flexibility index (Phi) is 5.31. The minimum atomic E-state index is -0.253. The number of halogens is 1. The molecule has 2 aromatic rings. The second-order valence-electron chi connectivity index (χ2n) is 5.39. The topological polar surface area (TPSA) is 50.7 Å². The van der Waals surface area contributed by atoms with Crippen molar-refractivity contribution in [3.8, 4) is 5.75 Å². The van der Waals surface area contributed by atoms with Crippen molar-refractivity contribution >= 4 is 35.1 Å².